The van der Waals surface area contributed by atoms with Crippen molar-refractivity contribution in [1.82, 2.24) is 15.1 Å². The number of rotatable bonds is 4. The minimum absolute atomic E-state index is 0.405. The third kappa shape index (κ3) is 5.16. The molecular weight excluding hydrogens is 291 g/mol. The largest absolute Gasteiger partial charge is 0.405 e. The molecule has 0 spiro atoms. The number of halogens is 3. The molecule has 0 atom stereocenters. The number of nitrogens with zero attached hydrogens (tertiary/aromatic N) is 2. The Morgan fingerprint density at radius 2 is 2.11 bits per heavy atom. The zero-order chi connectivity index (χ0) is 14.8. The molecule has 1 aromatic heterocycles. The summed E-state index contributed by atoms with van der Waals surface area (Å²) < 4.78 is 63.1. The summed E-state index contributed by atoms with van der Waals surface area (Å²) in [4.78, 5) is 11.5. The van der Waals surface area contributed by atoms with Gasteiger partial charge in [-0.15, -0.1) is 5.10 Å². The van der Waals surface area contributed by atoms with E-state index in [4.69, 9.17) is 0 Å². The minimum atomic E-state index is -4.57. The molecule has 0 saturated carbocycles. The standard InChI is InChI=1S/C8H10F3N3O4S/c1-14-3-5(6(15)12-4-8(9,10)11)7(13-14)18-19(2,16)17/h3H,4H2,1-2H3,(H,12,15). The minimum Gasteiger partial charge on any atom is -0.359 e. The third-order valence-electron chi connectivity index (χ3n) is 1.72. The molecule has 1 N–H and O–H groups in total. The Morgan fingerprint density at radius 3 is 2.58 bits per heavy atom. The van der Waals surface area contributed by atoms with Gasteiger partial charge in [0.05, 0.1) is 6.26 Å². The van der Waals surface area contributed by atoms with Gasteiger partial charge in [-0.2, -0.15) is 21.6 Å². The van der Waals surface area contributed by atoms with Gasteiger partial charge in [0.25, 0.3) is 11.8 Å². The van der Waals surface area contributed by atoms with Crippen LogP contribution in [0.15, 0.2) is 6.20 Å². The van der Waals surface area contributed by atoms with E-state index in [1.807, 2.05) is 0 Å². The van der Waals surface area contributed by atoms with Gasteiger partial charge in [0, 0.05) is 13.2 Å². The zero-order valence-corrected chi connectivity index (χ0v) is 10.7. The van der Waals surface area contributed by atoms with Gasteiger partial charge in [0.15, 0.2) is 0 Å². The van der Waals surface area contributed by atoms with Gasteiger partial charge < -0.3 is 9.50 Å². The van der Waals surface area contributed by atoms with Crippen LogP contribution in [0.5, 0.6) is 5.88 Å². The van der Waals surface area contributed by atoms with Crippen LogP contribution < -0.4 is 9.50 Å². The van der Waals surface area contributed by atoms with Crippen LogP contribution >= 0.6 is 0 Å². The number of alkyl halides is 3. The normalized spacial score (nSPS) is 12.3. The molecule has 0 bridgehead atoms. The van der Waals surface area contributed by atoms with E-state index < -0.39 is 40.2 Å². The fourth-order valence-electron chi connectivity index (χ4n) is 1.10. The first kappa shape index (κ1) is 15.3. The summed E-state index contributed by atoms with van der Waals surface area (Å²) in [6.07, 6.45) is -2.80. The lowest BCUT2D eigenvalue weighted by atomic mass is 10.3. The molecule has 7 nitrogen and oxygen atoms in total. The second kappa shape index (κ2) is 5.07. The maximum Gasteiger partial charge on any atom is 0.405 e. The van der Waals surface area contributed by atoms with E-state index in [0.717, 1.165) is 17.1 Å². The maximum atomic E-state index is 11.9. The van der Waals surface area contributed by atoms with Crippen LogP contribution in [-0.2, 0) is 17.2 Å². The Kier molecular flexibility index (Phi) is 4.08. The molecular formula is C8H10F3N3O4S. The van der Waals surface area contributed by atoms with E-state index in [0.29, 0.717) is 0 Å². The van der Waals surface area contributed by atoms with Gasteiger partial charge >= 0.3 is 16.3 Å². The van der Waals surface area contributed by atoms with Gasteiger partial charge in [-0.3, -0.25) is 9.48 Å². The third-order valence-corrected chi connectivity index (χ3v) is 2.18. The molecule has 0 aliphatic carbocycles. The number of hydrogen-bond acceptors (Lipinski definition) is 5. The van der Waals surface area contributed by atoms with Crippen molar-refractivity contribution in [2.45, 2.75) is 6.18 Å². The van der Waals surface area contributed by atoms with Crippen LogP contribution in [-0.4, -0.2) is 43.1 Å². The van der Waals surface area contributed by atoms with Crippen molar-refractivity contribution < 1.29 is 30.6 Å². The quantitative estimate of drug-likeness (QED) is 0.794. The predicted molar refractivity (Wildman–Crippen MR) is 57.1 cm³/mol. The maximum absolute atomic E-state index is 11.9. The molecule has 0 unspecified atom stereocenters. The molecule has 1 amide bonds. The number of amides is 1. The van der Waals surface area contributed by atoms with E-state index in [1.54, 1.807) is 5.32 Å². The number of carbonyl (C=O) groups is 1. The summed E-state index contributed by atoms with van der Waals surface area (Å²) >= 11 is 0. The van der Waals surface area contributed by atoms with Crippen molar-refractivity contribution >= 4 is 16.0 Å². The summed E-state index contributed by atoms with van der Waals surface area (Å²) in [5, 5.41) is 5.12. The van der Waals surface area contributed by atoms with Crippen molar-refractivity contribution in [1.29, 1.82) is 0 Å². The first-order chi connectivity index (χ1) is 8.48. The molecule has 0 radical (unpaired) electrons. The second-order valence-electron chi connectivity index (χ2n) is 3.61. The van der Waals surface area contributed by atoms with E-state index in [1.165, 1.54) is 7.05 Å². The van der Waals surface area contributed by atoms with Gasteiger partial charge in [-0.05, 0) is 0 Å². The van der Waals surface area contributed by atoms with Gasteiger partial charge in [0.2, 0.25) is 0 Å². The molecule has 0 fully saturated rings. The lowest BCUT2D eigenvalue weighted by Crippen LogP contribution is -2.33. The lowest BCUT2D eigenvalue weighted by molar-refractivity contribution is -0.123. The molecule has 1 aromatic rings. The highest BCUT2D eigenvalue weighted by atomic mass is 32.2. The lowest BCUT2D eigenvalue weighted by Gasteiger charge is -2.07. The average Bonchev–Trinajstić information content (AvgIpc) is 2.52. The van der Waals surface area contributed by atoms with E-state index >= 15 is 0 Å². The van der Waals surface area contributed by atoms with E-state index in [-0.39, 0.29) is 0 Å². The van der Waals surface area contributed by atoms with Crippen molar-refractivity contribution in [2.24, 2.45) is 7.05 Å². The first-order valence-corrected chi connectivity index (χ1v) is 6.57. The zero-order valence-electron chi connectivity index (χ0n) is 9.85. The topological polar surface area (TPSA) is 90.3 Å². The Hall–Kier alpha value is -1.78. The van der Waals surface area contributed by atoms with Gasteiger partial charge in [-0.1, -0.05) is 0 Å². The number of aromatic nitrogens is 2. The summed E-state index contributed by atoms with van der Waals surface area (Å²) in [5.41, 5.74) is -0.405. The van der Waals surface area contributed by atoms with E-state index in [9.17, 15) is 26.4 Å². The SMILES string of the molecule is Cn1cc(C(=O)NCC(F)(F)F)c(OS(C)(=O)=O)n1. The Balaban J connectivity index is 2.91. The first-order valence-electron chi connectivity index (χ1n) is 4.76. The number of hydrogen-bond donors (Lipinski definition) is 1. The van der Waals surface area contributed by atoms with Crippen molar-refractivity contribution in [3.8, 4) is 5.88 Å². The van der Waals surface area contributed by atoms with Gasteiger partial charge in [-0.25, -0.2) is 0 Å². The fraction of sp³-hybridized carbons (Fsp3) is 0.500. The van der Waals surface area contributed by atoms with Crippen LogP contribution in [0, 0.1) is 0 Å². The molecule has 1 rings (SSSR count). The second-order valence-corrected chi connectivity index (χ2v) is 5.18. The summed E-state index contributed by atoms with van der Waals surface area (Å²) in [6, 6.07) is 0. The molecule has 108 valence electrons. The Labute approximate surface area is 106 Å². The van der Waals surface area contributed by atoms with Crippen LogP contribution in [0.2, 0.25) is 0 Å². The highest BCUT2D eigenvalue weighted by Crippen LogP contribution is 2.18. The average molecular weight is 301 g/mol. The number of aryl methyl sites for hydroxylation is 1. The summed E-state index contributed by atoms with van der Waals surface area (Å²) in [6.45, 7) is -1.54. The molecule has 11 heteroatoms. The molecule has 1 heterocycles. The molecule has 0 aliphatic rings. The monoisotopic (exact) mass is 301 g/mol. The van der Waals surface area contributed by atoms with Crippen LogP contribution in [0.25, 0.3) is 0 Å². The number of nitrogens with one attached hydrogen (secondary N) is 1. The van der Waals surface area contributed by atoms with Gasteiger partial charge in [0.1, 0.15) is 12.1 Å². The predicted octanol–water partition coefficient (Wildman–Crippen LogP) is 0.0506. The summed E-state index contributed by atoms with van der Waals surface area (Å²) in [7, 11) is -2.58. The van der Waals surface area contributed by atoms with Crippen molar-refractivity contribution in [2.75, 3.05) is 12.8 Å². The van der Waals surface area contributed by atoms with Crippen LogP contribution in [0.3, 0.4) is 0 Å². The smallest absolute Gasteiger partial charge is 0.359 e. The highest BCUT2D eigenvalue weighted by molar-refractivity contribution is 7.86. The van der Waals surface area contributed by atoms with E-state index in [2.05, 4.69) is 9.28 Å². The number of carbonyl (C=O) groups excluding carboxylic acids is 1. The highest BCUT2D eigenvalue weighted by Gasteiger charge is 2.29. The molecule has 19 heavy (non-hydrogen) atoms. The fourth-order valence-corrected chi connectivity index (χ4v) is 1.51. The molecule has 0 saturated heterocycles. The van der Waals surface area contributed by atoms with Crippen LogP contribution in [0.1, 0.15) is 10.4 Å². The Bertz CT molecular complexity index is 579. The van der Waals surface area contributed by atoms with Crippen molar-refractivity contribution in [3.05, 3.63) is 11.8 Å². The summed E-state index contributed by atoms with van der Waals surface area (Å²) in [5.74, 6) is -1.71. The molecule has 0 aromatic carbocycles. The Morgan fingerprint density at radius 1 is 1.53 bits per heavy atom. The molecule has 0 aliphatic heterocycles. The van der Waals surface area contributed by atoms with Crippen molar-refractivity contribution in [3.63, 3.8) is 0 Å². The van der Waals surface area contributed by atoms with Crippen LogP contribution in [0.4, 0.5) is 13.2 Å².